The number of hydrogen-bond donors (Lipinski definition) is 0. The molecule has 0 aliphatic heterocycles. The number of rotatable bonds is 2. The standard InChI is InChI=1S/C11H18O2/c1-8-6-10(7-8)13-11(12)9-4-2-3-5-9/h8-10H,2-7H2,1H3. The van der Waals surface area contributed by atoms with Crippen LogP contribution in [-0.2, 0) is 9.53 Å². The Hall–Kier alpha value is -0.530. The van der Waals surface area contributed by atoms with E-state index in [4.69, 9.17) is 4.74 Å². The van der Waals surface area contributed by atoms with E-state index in [1.807, 2.05) is 0 Å². The fourth-order valence-electron chi connectivity index (χ4n) is 2.35. The van der Waals surface area contributed by atoms with Crippen molar-refractivity contribution in [1.29, 1.82) is 0 Å². The van der Waals surface area contributed by atoms with Crippen molar-refractivity contribution in [2.45, 2.75) is 51.6 Å². The Bertz CT molecular complexity index is 188. The van der Waals surface area contributed by atoms with Crippen LogP contribution in [0.3, 0.4) is 0 Å². The zero-order valence-electron chi connectivity index (χ0n) is 8.29. The summed E-state index contributed by atoms with van der Waals surface area (Å²) in [6.07, 6.45) is 6.95. The minimum atomic E-state index is 0.0781. The minimum absolute atomic E-state index is 0.0781. The molecule has 0 radical (unpaired) electrons. The summed E-state index contributed by atoms with van der Waals surface area (Å²) in [7, 11) is 0. The monoisotopic (exact) mass is 182 g/mol. The molecule has 2 nitrogen and oxygen atoms in total. The molecule has 2 fully saturated rings. The van der Waals surface area contributed by atoms with Crippen molar-refractivity contribution in [1.82, 2.24) is 0 Å². The van der Waals surface area contributed by atoms with Crippen molar-refractivity contribution in [3.63, 3.8) is 0 Å². The summed E-state index contributed by atoms with van der Waals surface area (Å²) in [5.74, 6) is 1.08. The summed E-state index contributed by atoms with van der Waals surface area (Å²) in [6.45, 7) is 2.21. The fraction of sp³-hybridized carbons (Fsp3) is 0.909. The molecule has 2 aliphatic carbocycles. The lowest BCUT2D eigenvalue weighted by Crippen LogP contribution is -2.33. The number of carbonyl (C=O) groups excluding carboxylic acids is 1. The van der Waals surface area contributed by atoms with Crippen LogP contribution in [0.15, 0.2) is 0 Å². The maximum Gasteiger partial charge on any atom is 0.309 e. The van der Waals surface area contributed by atoms with Gasteiger partial charge in [-0.25, -0.2) is 0 Å². The maximum atomic E-state index is 11.5. The molecule has 0 atom stereocenters. The lowest BCUT2D eigenvalue weighted by Gasteiger charge is -2.32. The van der Waals surface area contributed by atoms with Crippen LogP contribution in [0.4, 0.5) is 0 Å². The van der Waals surface area contributed by atoms with Gasteiger partial charge in [-0.1, -0.05) is 19.8 Å². The van der Waals surface area contributed by atoms with Crippen LogP contribution in [0.2, 0.25) is 0 Å². The summed E-state index contributed by atoms with van der Waals surface area (Å²) in [5.41, 5.74) is 0. The van der Waals surface area contributed by atoms with E-state index < -0.39 is 0 Å². The van der Waals surface area contributed by atoms with Gasteiger partial charge in [0.1, 0.15) is 6.10 Å². The highest BCUT2D eigenvalue weighted by molar-refractivity contribution is 5.72. The van der Waals surface area contributed by atoms with Crippen LogP contribution in [0, 0.1) is 11.8 Å². The number of esters is 1. The van der Waals surface area contributed by atoms with Crippen molar-refractivity contribution in [3.05, 3.63) is 0 Å². The molecular formula is C11H18O2. The second-order valence-electron chi connectivity index (χ2n) is 4.62. The molecule has 0 heterocycles. The largest absolute Gasteiger partial charge is 0.462 e. The van der Waals surface area contributed by atoms with Crippen LogP contribution in [0.25, 0.3) is 0 Å². The zero-order valence-corrected chi connectivity index (χ0v) is 8.29. The number of hydrogen-bond acceptors (Lipinski definition) is 2. The number of ether oxygens (including phenoxy) is 1. The smallest absolute Gasteiger partial charge is 0.309 e. The molecule has 0 N–H and O–H groups in total. The molecule has 0 aromatic heterocycles. The van der Waals surface area contributed by atoms with Crippen molar-refractivity contribution < 1.29 is 9.53 Å². The maximum absolute atomic E-state index is 11.5. The Morgan fingerprint density at radius 1 is 1.23 bits per heavy atom. The van der Waals surface area contributed by atoms with Gasteiger partial charge in [0.25, 0.3) is 0 Å². The summed E-state index contributed by atoms with van der Waals surface area (Å²) < 4.78 is 5.40. The normalized spacial score (nSPS) is 34.2. The highest BCUT2D eigenvalue weighted by Crippen LogP contribution is 2.32. The first-order chi connectivity index (χ1) is 6.25. The summed E-state index contributed by atoms with van der Waals surface area (Å²) in [6, 6.07) is 0. The van der Waals surface area contributed by atoms with Gasteiger partial charge in [0.15, 0.2) is 0 Å². The highest BCUT2D eigenvalue weighted by atomic mass is 16.5. The third-order valence-corrected chi connectivity index (χ3v) is 3.30. The second-order valence-corrected chi connectivity index (χ2v) is 4.62. The predicted octanol–water partition coefficient (Wildman–Crippen LogP) is 2.52. The lowest BCUT2D eigenvalue weighted by molar-refractivity contribution is -0.160. The van der Waals surface area contributed by atoms with Crippen LogP contribution in [0.1, 0.15) is 45.4 Å². The average Bonchev–Trinajstić information content (AvgIpc) is 2.53. The topological polar surface area (TPSA) is 26.3 Å². The van der Waals surface area contributed by atoms with Crippen molar-refractivity contribution >= 4 is 5.97 Å². The van der Waals surface area contributed by atoms with Crippen LogP contribution >= 0.6 is 0 Å². The molecule has 0 amide bonds. The first-order valence-electron chi connectivity index (χ1n) is 5.46. The Labute approximate surface area is 79.7 Å². The van der Waals surface area contributed by atoms with Gasteiger partial charge in [0.05, 0.1) is 5.92 Å². The van der Waals surface area contributed by atoms with E-state index in [-0.39, 0.29) is 18.0 Å². The average molecular weight is 182 g/mol. The minimum Gasteiger partial charge on any atom is -0.462 e. The Kier molecular flexibility index (Phi) is 2.56. The van der Waals surface area contributed by atoms with Crippen LogP contribution in [-0.4, -0.2) is 12.1 Å². The molecule has 2 heteroatoms. The second kappa shape index (κ2) is 3.69. The van der Waals surface area contributed by atoms with E-state index in [1.165, 1.54) is 12.8 Å². The van der Waals surface area contributed by atoms with Gasteiger partial charge in [-0.3, -0.25) is 4.79 Å². The Balaban J connectivity index is 1.72. The zero-order chi connectivity index (χ0) is 9.26. The fourth-order valence-corrected chi connectivity index (χ4v) is 2.35. The van der Waals surface area contributed by atoms with E-state index in [2.05, 4.69) is 6.92 Å². The molecule has 2 aliphatic rings. The van der Waals surface area contributed by atoms with Gasteiger partial charge in [0.2, 0.25) is 0 Å². The van der Waals surface area contributed by atoms with E-state index in [1.54, 1.807) is 0 Å². The molecule has 2 rings (SSSR count). The first-order valence-corrected chi connectivity index (χ1v) is 5.46. The predicted molar refractivity (Wildman–Crippen MR) is 50.2 cm³/mol. The molecule has 13 heavy (non-hydrogen) atoms. The van der Waals surface area contributed by atoms with Crippen molar-refractivity contribution in [2.24, 2.45) is 11.8 Å². The van der Waals surface area contributed by atoms with Gasteiger partial charge < -0.3 is 4.74 Å². The van der Waals surface area contributed by atoms with Gasteiger partial charge in [-0.2, -0.15) is 0 Å². The summed E-state index contributed by atoms with van der Waals surface area (Å²) >= 11 is 0. The molecule has 2 saturated carbocycles. The van der Waals surface area contributed by atoms with E-state index >= 15 is 0 Å². The number of carbonyl (C=O) groups is 1. The van der Waals surface area contributed by atoms with Gasteiger partial charge >= 0.3 is 5.97 Å². The quantitative estimate of drug-likeness (QED) is 0.613. The van der Waals surface area contributed by atoms with Gasteiger partial charge in [-0.15, -0.1) is 0 Å². The Morgan fingerprint density at radius 3 is 2.38 bits per heavy atom. The molecule has 74 valence electrons. The molecule has 0 spiro atoms. The van der Waals surface area contributed by atoms with E-state index in [0.717, 1.165) is 31.6 Å². The molecule has 0 aromatic rings. The molecule has 0 bridgehead atoms. The van der Waals surface area contributed by atoms with Gasteiger partial charge in [0, 0.05) is 0 Å². The van der Waals surface area contributed by atoms with Crippen molar-refractivity contribution in [2.75, 3.05) is 0 Å². The molecule has 0 aromatic carbocycles. The van der Waals surface area contributed by atoms with Crippen molar-refractivity contribution in [3.8, 4) is 0 Å². The summed E-state index contributed by atoms with van der Waals surface area (Å²) in [5, 5.41) is 0. The molecule has 0 unspecified atom stereocenters. The molecular weight excluding hydrogens is 164 g/mol. The first kappa shape index (κ1) is 9.04. The molecule has 0 saturated heterocycles. The van der Waals surface area contributed by atoms with E-state index in [0.29, 0.717) is 0 Å². The van der Waals surface area contributed by atoms with Crippen LogP contribution in [0.5, 0.6) is 0 Å². The van der Waals surface area contributed by atoms with Crippen LogP contribution < -0.4 is 0 Å². The highest BCUT2D eigenvalue weighted by Gasteiger charge is 2.32. The Morgan fingerprint density at radius 2 is 1.85 bits per heavy atom. The van der Waals surface area contributed by atoms with Gasteiger partial charge in [-0.05, 0) is 31.6 Å². The SMILES string of the molecule is CC1CC(OC(=O)C2CCCC2)C1. The summed E-state index contributed by atoms with van der Waals surface area (Å²) in [4.78, 5) is 11.5. The van der Waals surface area contributed by atoms with E-state index in [9.17, 15) is 4.79 Å². The third-order valence-electron chi connectivity index (χ3n) is 3.30. The lowest BCUT2D eigenvalue weighted by atomic mass is 9.84. The third kappa shape index (κ3) is 2.04.